The molecule has 6 heteroatoms. The van der Waals surface area contributed by atoms with Gasteiger partial charge in [-0.25, -0.2) is 4.98 Å². The van der Waals surface area contributed by atoms with Crippen LogP contribution in [0.5, 0.6) is 0 Å². The number of para-hydroxylation sites is 1. The summed E-state index contributed by atoms with van der Waals surface area (Å²) in [5, 5.41) is 8.82. The van der Waals surface area contributed by atoms with Crippen LogP contribution in [0.25, 0.3) is 33.5 Å². The van der Waals surface area contributed by atoms with Crippen molar-refractivity contribution in [2.24, 2.45) is 0 Å². The van der Waals surface area contributed by atoms with Crippen molar-refractivity contribution >= 4 is 22.5 Å². The van der Waals surface area contributed by atoms with E-state index >= 15 is 0 Å². The number of H-pyrrole nitrogens is 1. The summed E-state index contributed by atoms with van der Waals surface area (Å²) in [5.74, 6) is 0.535. The first-order chi connectivity index (χ1) is 11.7. The van der Waals surface area contributed by atoms with Crippen LogP contribution in [0.4, 0.5) is 0 Å². The molecule has 116 valence electrons. The van der Waals surface area contributed by atoms with Gasteiger partial charge >= 0.3 is 0 Å². The molecule has 0 bridgehead atoms. The Bertz CT molecular complexity index is 1070. The molecular weight excluding hydrogens is 324 g/mol. The molecule has 1 N–H and O–H groups in total. The number of aromatic amines is 1. The molecule has 2 aromatic carbocycles. The predicted molar refractivity (Wildman–Crippen MR) is 93.8 cm³/mol. The van der Waals surface area contributed by atoms with Gasteiger partial charge in [0.1, 0.15) is 5.82 Å². The lowest BCUT2D eigenvalue weighted by molar-refractivity contribution is 1.04. The maximum Gasteiger partial charge on any atom is 0.259 e. The first-order valence-electron chi connectivity index (χ1n) is 7.30. The van der Waals surface area contributed by atoms with Crippen molar-refractivity contribution in [2.45, 2.75) is 0 Å². The van der Waals surface area contributed by atoms with E-state index in [-0.39, 0.29) is 5.56 Å². The lowest BCUT2D eigenvalue weighted by atomic mass is 10.1. The second-order valence-electron chi connectivity index (χ2n) is 5.25. The van der Waals surface area contributed by atoms with Crippen LogP contribution in [-0.4, -0.2) is 20.2 Å². The van der Waals surface area contributed by atoms with Crippen LogP contribution in [0.3, 0.4) is 0 Å². The van der Waals surface area contributed by atoms with Crippen molar-refractivity contribution in [3.8, 4) is 22.6 Å². The zero-order valence-electron chi connectivity index (χ0n) is 12.4. The number of nitrogens with one attached hydrogen (secondary N) is 1. The van der Waals surface area contributed by atoms with Crippen molar-refractivity contribution in [3.63, 3.8) is 0 Å². The Hall–Kier alpha value is -3.05. The Kier molecular flexibility index (Phi) is 3.55. The number of aromatic nitrogens is 4. The normalized spacial score (nSPS) is 10.9. The first-order valence-corrected chi connectivity index (χ1v) is 7.67. The minimum atomic E-state index is -0.150. The summed E-state index contributed by atoms with van der Waals surface area (Å²) in [4.78, 5) is 19.5. The molecule has 0 atom stereocenters. The van der Waals surface area contributed by atoms with Crippen molar-refractivity contribution in [1.82, 2.24) is 20.2 Å². The third-order valence-corrected chi connectivity index (χ3v) is 3.90. The van der Waals surface area contributed by atoms with Crippen LogP contribution in [0.15, 0.2) is 65.5 Å². The lowest BCUT2D eigenvalue weighted by Crippen LogP contribution is -2.09. The van der Waals surface area contributed by atoms with E-state index in [1.807, 2.05) is 42.5 Å². The van der Waals surface area contributed by atoms with E-state index < -0.39 is 0 Å². The molecule has 0 aliphatic rings. The average molecular weight is 335 g/mol. The Morgan fingerprint density at radius 3 is 2.33 bits per heavy atom. The highest BCUT2D eigenvalue weighted by Gasteiger charge is 2.06. The Morgan fingerprint density at radius 1 is 0.833 bits per heavy atom. The summed E-state index contributed by atoms with van der Waals surface area (Å²) in [6, 6.07) is 18.4. The number of halogens is 1. The number of hydrogen-bond acceptors (Lipinski definition) is 4. The Balaban J connectivity index is 1.75. The highest BCUT2D eigenvalue weighted by Crippen LogP contribution is 2.22. The van der Waals surface area contributed by atoms with Crippen LogP contribution < -0.4 is 5.56 Å². The molecule has 2 heterocycles. The summed E-state index contributed by atoms with van der Waals surface area (Å²) in [6.07, 6.45) is 0. The molecule has 0 aliphatic carbocycles. The molecule has 0 spiro atoms. The standard InChI is InChI=1S/C18H11ClN4O/c19-16-10-9-14(22-23-16)11-5-7-12(8-6-11)17-20-15-4-2-1-3-13(15)18(24)21-17/h1-10H,(H,20,21,24). The topological polar surface area (TPSA) is 71.5 Å². The second kappa shape index (κ2) is 5.86. The van der Waals surface area contributed by atoms with Gasteiger partial charge in [0, 0.05) is 11.1 Å². The zero-order chi connectivity index (χ0) is 16.5. The SMILES string of the molecule is O=c1[nH]c(-c2ccc(-c3ccc(Cl)nn3)cc2)nc2ccccc12. The molecule has 0 saturated carbocycles. The smallest absolute Gasteiger partial charge is 0.259 e. The molecular formula is C18H11ClN4O. The van der Waals surface area contributed by atoms with Gasteiger partial charge in [0.05, 0.1) is 16.6 Å². The van der Waals surface area contributed by atoms with Crippen molar-refractivity contribution in [1.29, 1.82) is 0 Å². The van der Waals surface area contributed by atoms with Gasteiger partial charge in [-0.2, -0.15) is 0 Å². The summed E-state index contributed by atoms with van der Waals surface area (Å²) in [7, 11) is 0. The van der Waals surface area contributed by atoms with Crippen LogP contribution in [0.2, 0.25) is 5.15 Å². The molecule has 0 fully saturated rings. The van der Waals surface area contributed by atoms with E-state index in [0.29, 0.717) is 21.9 Å². The molecule has 5 nitrogen and oxygen atoms in total. The third kappa shape index (κ3) is 2.66. The van der Waals surface area contributed by atoms with E-state index in [4.69, 9.17) is 11.6 Å². The van der Waals surface area contributed by atoms with Gasteiger partial charge in [-0.15, -0.1) is 10.2 Å². The number of fused-ring (bicyclic) bond motifs is 1. The van der Waals surface area contributed by atoms with E-state index in [9.17, 15) is 4.79 Å². The Labute approximate surface area is 142 Å². The van der Waals surface area contributed by atoms with E-state index in [1.165, 1.54) is 0 Å². The fourth-order valence-corrected chi connectivity index (χ4v) is 2.59. The maximum atomic E-state index is 12.2. The number of nitrogens with zero attached hydrogens (tertiary/aromatic N) is 3. The van der Waals surface area contributed by atoms with E-state index in [1.54, 1.807) is 18.2 Å². The number of benzene rings is 2. The largest absolute Gasteiger partial charge is 0.306 e. The quantitative estimate of drug-likeness (QED) is 0.606. The van der Waals surface area contributed by atoms with Gasteiger partial charge in [-0.05, 0) is 24.3 Å². The second-order valence-corrected chi connectivity index (χ2v) is 5.64. The average Bonchev–Trinajstić information content (AvgIpc) is 2.62. The van der Waals surface area contributed by atoms with Crippen LogP contribution >= 0.6 is 11.6 Å². The lowest BCUT2D eigenvalue weighted by Gasteiger charge is -2.05. The molecule has 0 radical (unpaired) electrons. The molecule has 2 aromatic heterocycles. The van der Waals surface area contributed by atoms with Gasteiger partial charge < -0.3 is 4.98 Å². The summed E-state index contributed by atoms with van der Waals surface area (Å²) in [5.41, 5.74) is 2.98. The first kappa shape index (κ1) is 14.5. The predicted octanol–water partition coefficient (Wildman–Crippen LogP) is 3.70. The molecule has 4 rings (SSSR count). The molecule has 0 aliphatic heterocycles. The van der Waals surface area contributed by atoms with Gasteiger partial charge in [-0.3, -0.25) is 4.79 Å². The van der Waals surface area contributed by atoms with Crippen molar-refractivity contribution < 1.29 is 0 Å². The fourth-order valence-electron chi connectivity index (χ4n) is 2.49. The van der Waals surface area contributed by atoms with Crippen molar-refractivity contribution in [3.05, 3.63) is 76.2 Å². The monoisotopic (exact) mass is 334 g/mol. The number of rotatable bonds is 2. The van der Waals surface area contributed by atoms with Crippen LogP contribution in [0.1, 0.15) is 0 Å². The molecule has 0 amide bonds. The maximum absolute atomic E-state index is 12.2. The van der Waals surface area contributed by atoms with E-state index in [0.717, 1.165) is 16.8 Å². The third-order valence-electron chi connectivity index (χ3n) is 3.70. The zero-order valence-corrected chi connectivity index (χ0v) is 13.2. The van der Waals surface area contributed by atoms with Gasteiger partial charge in [0.25, 0.3) is 5.56 Å². The van der Waals surface area contributed by atoms with E-state index in [2.05, 4.69) is 20.2 Å². The molecule has 4 aromatic rings. The highest BCUT2D eigenvalue weighted by atomic mass is 35.5. The molecule has 0 saturated heterocycles. The summed E-state index contributed by atoms with van der Waals surface area (Å²) >= 11 is 5.75. The highest BCUT2D eigenvalue weighted by molar-refractivity contribution is 6.29. The minimum absolute atomic E-state index is 0.150. The fraction of sp³-hybridized carbons (Fsp3) is 0. The van der Waals surface area contributed by atoms with Crippen LogP contribution in [-0.2, 0) is 0 Å². The minimum Gasteiger partial charge on any atom is -0.306 e. The van der Waals surface area contributed by atoms with Gasteiger partial charge in [0.15, 0.2) is 5.15 Å². The number of hydrogen-bond donors (Lipinski definition) is 1. The molecule has 0 unspecified atom stereocenters. The molecule has 24 heavy (non-hydrogen) atoms. The van der Waals surface area contributed by atoms with Gasteiger partial charge in [-0.1, -0.05) is 48.0 Å². The van der Waals surface area contributed by atoms with Gasteiger partial charge in [0.2, 0.25) is 0 Å². The Morgan fingerprint density at radius 2 is 1.58 bits per heavy atom. The van der Waals surface area contributed by atoms with Crippen LogP contribution in [0, 0.1) is 0 Å². The summed E-state index contributed by atoms with van der Waals surface area (Å²) in [6.45, 7) is 0. The van der Waals surface area contributed by atoms with Crippen molar-refractivity contribution in [2.75, 3.05) is 0 Å². The summed E-state index contributed by atoms with van der Waals surface area (Å²) < 4.78 is 0.